The third-order valence-electron chi connectivity index (χ3n) is 17.3. The smallest absolute Gasteiger partial charge is 0.297 e. The van der Waals surface area contributed by atoms with Crippen molar-refractivity contribution >= 4 is 31.8 Å². The fourth-order valence-corrected chi connectivity index (χ4v) is 14.5. The molecule has 3 aromatic carbocycles. The summed E-state index contributed by atoms with van der Waals surface area (Å²) in [5, 5.41) is 183. The van der Waals surface area contributed by atoms with E-state index in [-0.39, 0.29) is 22.3 Å². The Morgan fingerprint density at radius 2 is 0.543 bits per heavy atom. The normalized spacial score (nSPS) is 44.4. The van der Waals surface area contributed by atoms with Crippen molar-refractivity contribution in [3.8, 4) is 0 Å². The van der Waals surface area contributed by atoms with Crippen molar-refractivity contribution in [2.45, 2.75) is 194 Å². The summed E-state index contributed by atoms with van der Waals surface area (Å²) in [6.45, 7) is -7.16. The molecule has 0 aliphatic carbocycles. The number of ketones is 2. The van der Waals surface area contributed by atoms with Crippen molar-refractivity contribution in [3.05, 3.63) is 95.1 Å². The molecule has 20 aliphatic heterocycles. The van der Waals surface area contributed by atoms with E-state index in [2.05, 4.69) is 0 Å². The first kappa shape index (κ1) is 71.0. The van der Waals surface area contributed by atoms with E-state index in [0.717, 1.165) is 36.4 Å². The standard InChI is InChI=1S/C56H70O36S2/c57-13-25-43-33(65)37(69)51(79-25)86-44-26(14-58)81-53(39(71)34(44)66)88-47-29(17-61)84-56-50(41(47)73)92-94(77,78)24-6-2-4-22(12-24)32(64)20-9-7-19(8-10-20)31(63)21-3-1-5-23(11-21)93(75,76)91-49-42(74)55(87-45-27(15-59)80-52(85-43)38(70)35(45)67)83-30(18-62)48(49)90-54-40(72)36(68)46(89-56)28(16-60)82-54/h1-12,25-30,33-62,65-74H,13-18H2/t25-,26-,27-,28-,29-,30-,33-,34-,35-,36-,37-,38-,39-,40-,41+,42-,43-,44-,45-,46-,47-,48-,49-,50-,51-,52-,53-,54-,55-,56-/m1/s1. The molecule has 16 N–H and O–H groups in total. The van der Waals surface area contributed by atoms with Gasteiger partial charge in [0.05, 0.1) is 49.4 Å². The molecule has 16 saturated heterocycles. The van der Waals surface area contributed by atoms with Gasteiger partial charge < -0.3 is 139 Å². The Balaban J connectivity index is 1.04. The van der Waals surface area contributed by atoms with Crippen molar-refractivity contribution in [2.24, 2.45) is 0 Å². The molecule has 30 atom stereocenters. The number of ether oxygens (including phenoxy) is 12. The van der Waals surface area contributed by atoms with E-state index in [1.807, 2.05) is 0 Å². The number of rotatable bonds is 6. The van der Waals surface area contributed by atoms with Crippen LogP contribution in [-0.4, -0.2) is 334 Å². The minimum atomic E-state index is -5.37. The number of carbonyl (C=O) groups is 2. The van der Waals surface area contributed by atoms with Crippen LogP contribution in [0.2, 0.25) is 0 Å². The molecule has 0 radical (unpaired) electrons. The Labute approximate surface area is 532 Å². The molecular formula is C56H70O36S2. The molecule has 38 heteroatoms. The van der Waals surface area contributed by atoms with Crippen LogP contribution in [0.5, 0.6) is 0 Å². The predicted molar refractivity (Wildman–Crippen MR) is 294 cm³/mol. The topological polar surface area (TPSA) is 555 Å². The molecule has 94 heavy (non-hydrogen) atoms. The third kappa shape index (κ3) is 13.7. The molecule has 20 aliphatic rings. The summed E-state index contributed by atoms with van der Waals surface area (Å²) < 4.78 is 140. The van der Waals surface area contributed by atoms with Gasteiger partial charge in [-0.1, -0.05) is 48.5 Å². The van der Waals surface area contributed by atoms with Crippen LogP contribution in [0.15, 0.2) is 82.6 Å². The lowest BCUT2D eigenvalue weighted by atomic mass is 9.94. The predicted octanol–water partition coefficient (Wildman–Crippen LogP) is -9.45. The molecule has 0 aromatic heterocycles. The van der Waals surface area contributed by atoms with Gasteiger partial charge in [0.1, 0.15) is 140 Å². The zero-order valence-corrected chi connectivity index (χ0v) is 50.3. The summed E-state index contributed by atoms with van der Waals surface area (Å²) in [5.41, 5.74) is -0.881. The van der Waals surface area contributed by atoms with Crippen LogP contribution in [0.3, 0.4) is 0 Å². The van der Waals surface area contributed by atoms with E-state index in [1.165, 1.54) is 36.4 Å². The first-order chi connectivity index (χ1) is 44.8. The summed E-state index contributed by atoms with van der Waals surface area (Å²) in [4.78, 5) is 26.6. The summed E-state index contributed by atoms with van der Waals surface area (Å²) in [6, 6.07) is 13.0. The maximum Gasteiger partial charge on any atom is 0.297 e. The maximum atomic E-state index is 14.6. The monoisotopic (exact) mass is 1380 g/mol. The van der Waals surface area contributed by atoms with Crippen LogP contribution in [0.4, 0.5) is 0 Å². The molecule has 0 unspecified atom stereocenters. The summed E-state index contributed by atoms with van der Waals surface area (Å²) in [7, 11) is -10.7. The second-order valence-electron chi connectivity index (χ2n) is 23.2. The van der Waals surface area contributed by atoms with Crippen molar-refractivity contribution in [3.63, 3.8) is 0 Å². The molecule has 3 aromatic rings. The first-order valence-corrected chi connectivity index (χ1v) is 32.2. The Bertz CT molecular complexity index is 3340. The zero-order valence-electron chi connectivity index (χ0n) is 48.6. The van der Waals surface area contributed by atoms with E-state index < -0.39 is 265 Å². The third-order valence-corrected chi connectivity index (χ3v) is 19.9. The number of aliphatic hydroxyl groups is 16. The van der Waals surface area contributed by atoms with Crippen molar-refractivity contribution in [1.29, 1.82) is 0 Å². The summed E-state index contributed by atoms with van der Waals surface area (Å²) in [6.07, 6.45) is -66.9. The minimum Gasteiger partial charge on any atom is -0.394 e. The Morgan fingerprint density at radius 1 is 0.277 bits per heavy atom. The van der Waals surface area contributed by atoms with Gasteiger partial charge in [-0.2, -0.15) is 16.8 Å². The lowest BCUT2D eigenvalue weighted by molar-refractivity contribution is -0.402. The average molecular weight is 1380 g/mol. The highest BCUT2D eigenvalue weighted by atomic mass is 32.2. The minimum absolute atomic E-state index is 0.129. The number of benzene rings is 3. The molecule has 23 rings (SSSR count). The van der Waals surface area contributed by atoms with Gasteiger partial charge in [0.2, 0.25) is 0 Å². The lowest BCUT2D eigenvalue weighted by Crippen LogP contribution is -2.69. The summed E-state index contributed by atoms with van der Waals surface area (Å²) >= 11 is 0. The van der Waals surface area contributed by atoms with E-state index in [1.54, 1.807) is 0 Å². The van der Waals surface area contributed by atoms with Crippen LogP contribution in [0.1, 0.15) is 31.8 Å². The van der Waals surface area contributed by atoms with Crippen molar-refractivity contribution in [2.75, 3.05) is 39.6 Å². The highest BCUT2D eigenvalue weighted by Crippen LogP contribution is 2.41. The molecule has 0 spiro atoms. The van der Waals surface area contributed by atoms with Crippen LogP contribution in [-0.2, 0) is 85.4 Å². The molecule has 20 bridgehead atoms. The SMILES string of the molecule is O=C1c2ccc(cc2)C(=O)c2cccc(c2)S(=O)(=O)O[C@H]2[C@H]3O[C@H]4[C@H](O)[C@@H](O)[C@@H](O[C@H]5[C@H](OS(=O)(=O)c6cccc1c6)[C@@H](O)[C@@H](O[C@H]1[C@H](O)[C@@H](O)[C@@H](O[C@H]6[C@H](O)[C@@H](O)[C@@H](O[C@H]7[C@H](O)[C@@H](O)[C@@H](O[C@@H]([C@@H]2O)[C@@H](CO)O3)O[C@@H]7CO)O[C@@H]6CO)O[C@@H]1CO)O[C@@H]5CO)O[C@@H]4CO. The number of hydrogen-bond acceptors (Lipinski definition) is 36. The van der Waals surface area contributed by atoms with Gasteiger partial charge in [0, 0.05) is 22.3 Å². The average Bonchev–Trinajstić information content (AvgIpc) is 0.771. The second-order valence-corrected chi connectivity index (χ2v) is 26.3. The van der Waals surface area contributed by atoms with Gasteiger partial charge in [0.25, 0.3) is 20.2 Å². The molecule has 522 valence electrons. The highest BCUT2D eigenvalue weighted by molar-refractivity contribution is 7.87. The van der Waals surface area contributed by atoms with Crippen LogP contribution in [0.25, 0.3) is 0 Å². The Kier molecular flexibility index (Phi) is 21.8. The van der Waals surface area contributed by atoms with E-state index in [4.69, 9.17) is 65.2 Å². The maximum absolute atomic E-state index is 14.6. The second kappa shape index (κ2) is 28.9. The van der Waals surface area contributed by atoms with Gasteiger partial charge in [-0.3, -0.25) is 18.0 Å². The van der Waals surface area contributed by atoms with Crippen molar-refractivity contribution in [1.82, 2.24) is 0 Å². The van der Waals surface area contributed by atoms with Crippen LogP contribution >= 0.6 is 0 Å². The summed E-state index contributed by atoms with van der Waals surface area (Å²) in [5.74, 6) is -1.68. The largest absolute Gasteiger partial charge is 0.394 e. The fourth-order valence-electron chi connectivity index (χ4n) is 12.2. The highest BCUT2D eigenvalue weighted by Gasteiger charge is 2.60. The van der Waals surface area contributed by atoms with Gasteiger partial charge in [0.15, 0.2) is 55.4 Å². The fraction of sp³-hybridized carbons (Fsp3) is 0.643. The van der Waals surface area contributed by atoms with E-state index in [9.17, 15) is 108 Å². The van der Waals surface area contributed by atoms with Gasteiger partial charge in [-0.15, -0.1) is 0 Å². The van der Waals surface area contributed by atoms with E-state index >= 15 is 0 Å². The quantitative estimate of drug-likeness (QED) is 0.102. The van der Waals surface area contributed by atoms with Crippen LogP contribution in [0, 0.1) is 0 Å². The van der Waals surface area contributed by atoms with E-state index in [0.29, 0.717) is 0 Å². The molecule has 36 nitrogen and oxygen atoms in total. The van der Waals surface area contributed by atoms with Gasteiger partial charge >= 0.3 is 0 Å². The molecule has 0 saturated carbocycles. The Hall–Kier alpha value is -4.30. The lowest BCUT2D eigenvalue weighted by Gasteiger charge is -2.51. The Morgan fingerprint density at radius 3 is 0.872 bits per heavy atom. The molecular weight excluding hydrogens is 1310 g/mol. The number of aliphatic hydroxyl groups excluding tert-OH is 16. The van der Waals surface area contributed by atoms with Gasteiger partial charge in [-0.25, -0.2) is 0 Å². The number of hydrogen-bond donors (Lipinski definition) is 16. The molecule has 16 fully saturated rings. The zero-order chi connectivity index (χ0) is 67.6. The molecule has 0 amide bonds. The molecule has 20 heterocycles. The van der Waals surface area contributed by atoms with Crippen LogP contribution < -0.4 is 0 Å². The first-order valence-electron chi connectivity index (χ1n) is 29.3. The number of carbonyl (C=O) groups excluding carboxylic acids is 2. The van der Waals surface area contributed by atoms with Gasteiger partial charge in [-0.05, 0) is 24.3 Å². The van der Waals surface area contributed by atoms with Crippen molar-refractivity contribution < 1.29 is 173 Å².